The lowest BCUT2D eigenvalue weighted by Crippen LogP contribution is -2.32. The summed E-state index contributed by atoms with van der Waals surface area (Å²) < 4.78 is 15.9. The van der Waals surface area contributed by atoms with Gasteiger partial charge in [-0.1, -0.05) is 23.4 Å². The number of benzene rings is 2. The second-order valence-corrected chi connectivity index (χ2v) is 7.03. The van der Waals surface area contributed by atoms with Gasteiger partial charge in [-0.05, 0) is 37.3 Å². The number of nitrogens with zero attached hydrogens (tertiary/aromatic N) is 3. The Morgan fingerprint density at radius 1 is 1.10 bits per heavy atom. The summed E-state index contributed by atoms with van der Waals surface area (Å²) in [4.78, 5) is 18.7. The summed E-state index contributed by atoms with van der Waals surface area (Å²) in [5.74, 6) is 2.99. The molecule has 0 aliphatic carbocycles. The number of carbonyl (C=O) groups is 1. The van der Waals surface area contributed by atoms with Crippen molar-refractivity contribution >= 4 is 23.4 Å². The summed E-state index contributed by atoms with van der Waals surface area (Å²) >= 11 is 1.44. The van der Waals surface area contributed by atoms with Crippen molar-refractivity contribution < 1.29 is 18.8 Å². The lowest BCUT2D eigenvalue weighted by molar-refractivity contribution is -0.116. The fourth-order valence-corrected chi connectivity index (χ4v) is 3.54. The minimum Gasteiger partial charge on any atom is -0.493 e. The zero-order valence-corrected chi connectivity index (χ0v) is 17.4. The molecule has 3 aromatic rings. The lowest BCUT2D eigenvalue weighted by atomic mass is 10.2. The van der Waals surface area contributed by atoms with Crippen LogP contribution in [0.25, 0.3) is 11.4 Å². The highest BCUT2D eigenvalue weighted by Gasteiger charge is 2.16. The van der Waals surface area contributed by atoms with E-state index in [2.05, 4.69) is 10.1 Å². The maximum atomic E-state index is 12.5. The first kappa shape index (κ1) is 20.7. The van der Waals surface area contributed by atoms with Crippen LogP contribution in [-0.4, -0.2) is 42.6 Å². The van der Waals surface area contributed by atoms with Crippen LogP contribution >= 0.6 is 11.8 Å². The van der Waals surface area contributed by atoms with Crippen LogP contribution < -0.4 is 14.4 Å². The van der Waals surface area contributed by atoms with Crippen LogP contribution in [0.1, 0.15) is 12.8 Å². The standard InChI is InChI=1S/C21H23N3O4S/c1-4-24(16-8-6-5-7-9-16)20(25)14-29-13-19-22-21(23-28-19)15-10-11-17(26-2)18(12-15)27-3/h5-12H,4,13-14H2,1-3H3. The molecule has 0 unspecified atom stereocenters. The van der Waals surface area contributed by atoms with Crippen molar-refractivity contribution in [2.24, 2.45) is 0 Å². The van der Waals surface area contributed by atoms with Crippen LogP contribution in [0, 0.1) is 0 Å². The number of amides is 1. The number of methoxy groups -OCH3 is 2. The second-order valence-electron chi connectivity index (χ2n) is 6.05. The van der Waals surface area contributed by atoms with Gasteiger partial charge in [0.15, 0.2) is 11.5 Å². The number of carbonyl (C=O) groups excluding carboxylic acids is 1. The summed E-state index contributed by atoms with van der Waals surface area (Å²) in [6, 6.07) is 15.1. The van der Waals surface area contributed by atoms with E-state index in [1.807, 2.05) is 43.3 Å². The maximum Gasteiger partial charge on any atom is 0.236 e. The van der Waals surface area contributed by atoms with Gasteiger partial charge in [0, 0.05) is 17.8 Å². The predicted octanol–water partition coefficient (Wildman–Crippen LogP) is 4.04. The SMILES string of the molecule is CCN(C(=O)CSCc1nc(-c2ccc(OC)c(OC)c2)no1)c1ccccc1. The molecule has 0 aliphatic rings. The minimum absolute atomic E-state index is 0.0447. The molecular weight excluding hydrogens is 390 g/mol. The van der Waals surface area contributed by atoms with Gasteiger partial charge >= 0.3 is 0 Å². The van der Waals surface area contributed by atoms with E-state index in [1.54, 1.807) is 31.3 Å². The summed E-state index contributed by atoms with van der Waals surface area (Å²) in [5.41, 5.74) is 1.66. The zero-order valence-electron chi connectivity index (χ0n) is 16.6. The number of hydrogen-bond acceptors (Lipinski definition) is 7. The molecule has 0 fully saturated rings. The summed E-state index contributed by atoms with van der Waals surface area (Å²) in [6.45, 7) is 2.58. The highest BCUT2D eigenvalue weighted by molar-refractivity contribution is 7.99. The molecule has 29 heavy (non-hydrogen) atoms. The fourth-order valence-electron chi connectivity index (χ4n) is 2.82. The van der Waals surface area contributed by atoms with E-state index in [0.717, 1.165) is 11.3 Å². The first-order valence-electron chi connectivity index (χ1n) is 9.14. The van der Waals surface area contributed by atoms with Crippen LogP contribution in [0.15, 0.2) is 53.1 Å². The van der Waals surface area contributed by atoms with Crippen LogP contribution in [0.3, 0.4) is 0 Å². The van der Waals surface area contributed by atoms with Gasteiger partial charge < -0.3 is 18.9 Å². The van der Waals surface area contributed by atoms with Crippen LogP contribution in [0.2, 0.25) is 0 Å². The molecule has 7 nitrogen and oxygen atoms in total. The smallest absolute Gasteiger partial charge is 0.236 e. The van der Waals surface area contributed by atoms with Crippen molar-refractivity contribution in [1.29, 1.82) is 0 Å². The van der Waals surface area contributed by atoms with Gasteiger partial charge in [-0.3, -0.25) is 4.79 Å². The molecule has 0 spiro atoms. The third-order valence-corrected chi connectivity index (χ3v) is 5.15. The Bertz CT molecular complexity index is 946. The van der Waals surface area contributed by atoms with Crippen molar-refractivity contribution in [3.05, 3.63) is 54.4 Å². The Labute approximate surface area is 174 Å². The number of aromatic nitrogens is 2. The van der Waals surface area contributed by atoms with E-state index in [1.165, 1.54) is 11.8 Å². The van der Waals surface area contributed by atoms with Gasteiger partial charge in [-0.15, -0.1) is 11.8 Å². The second kappa shape index (κ2) is 9.97. The molecule has 0 aliphatic heterocycles. The number of ether oxygens (including phenoxy) is 2. The summed E-state index contributed by atoms with van der Waals surface area (Å²) in [5, 5.41) is 4.02. The molecule has 0 radical (unpaired) electrons. The lowest BCUT2D eigenvalue weighted by Gasteiger charge is -2.20. The molecule has 0 atom stereocenters. The molecule has 3 rings (SSSR count). The summed E-state index contributed by atoms with van der Waals surface area (Å²) in [7, 11) is 3.16. The highest BCUT2D eigenvalue weighted by atomic mass is 32.2. The fraction of sp³-hybridized carbons (Fsp3) is 0.286. The molecule has 2 aromatic carbocycles. The van der Waals surface area contributed by atoms with E-state index in [9.17, 15) is 4.79 Å². The van der Waals surface area contributed by atoms with E-state index in [-0.39, 0.29) is 5.91 Å². The molecular formula is C21H23N3O4S. The Balaban J connectivity index is 1.59. The molecule has 0 saturated heterocycles. The third kappa shape index (κ3) is 5.08. The van der Waals surface area contributed by atoms with Crippen molar-refractivity contribution in [2.45, 2.75) is 12.7 Å². The van der Waals surface area contributed by atoms with Crippen molar-refractivity contribution in [1.82, 2.24) is 10.1 Å². The van der Waals surface area contributed by atoms with Gasteiger partial charge in [-0.2, -0.15) is 4.98 Å². The van der Waals surface area contributed by atoms with Gasteiger partial charge in [0.25, 0.3) is 0 Å². The topological polar surface area (TPSA) is 77.7 Å². The number of rotatable bonds is 9. The molecule has 8 heteroatoms. The highest BCUT2D eigenvalue weighted by Crippen LogP contribution is 2.31. The number of thioether (sulfide) groups is 1. The van der Waals surface area contributed by atoms with E-state index in [4.69, 9.17) is 14.0 Å². The van der Waals surface area contributed by atoms with Gasteiger partial charge in [0.05, 0.1) is 25.7 Å². The van der Waals surface area contributed by atoms with Gasteiger partial charge in [0.1, 0.15) is 0 Å². The quantitative estimate of drug-likeness (QED) is 0.524. The zero-order chi connectivity index (χ0) is 20.6. The van der Waals surface area contributed by atoms with Crippen LogP contribution in [0.5, 0.6) is 11.5 Å². The van der Waals surface area contributed by atoms with Crippen molar-refractivity contribution in [3.63, 3.8) is 0 Å². The molecule has 1 heterocycles. The first-order valence-corrected chi connectivity index (χ1v) is 10.3. The predicted molar refractivity (Wildman–Crippen MR) is 113 cm³/mol. The average Bonchev–Trinajstić information content (AvgIpc) is 3.23. The van der Waals surface area contributed by atoms with Crippen molar-refractivity contribution in [3.8, 4) is 22.9 Å². The Kier molecular flexibility index (Phi) is 7.13. The van der Waals surface area contributed by atoms with E-state index in [0.29, 0.717) is 41.3 Å². The summed E-state index contributed by atoms with van der Waals surface area (Å²) in [6.07, 6.45) is 0. The number of hydrogen-bond donors (Lipinski definition) is 0. The molecule has 1 amide bonds. The Morgan fingerprint density at radius 2 is 1.86 bits per heavy atom. The van der Waals surface area contributed by atoms with Crippen molar-refractivity contribution in [2.75, 3.05) is 31.4 Å². The first-order chi connectivity index (χ1) is 14.2. The number of para-hydroxylation sites is 1. The van der Waals surface area contributed by atoms with Crippen LogP contribution in [-0.2, 0) is 10.5 Å². The molecule has 0 saturated carbocycles. The molecule has 152 valence electrons. The van der Waals surface area contributed by atoms with Gasteiger partial charge in [0.2, 0.25) is 17.6 Å². The normalized spacial score (nSPS) is 10.6. The third-order valence-electron chi connectivity index (χ3n) is 4.25. The Morgan fingerprint density at radius 3 is 2.55 bits per heavy atom. The monoisotopic (exact) mass is 413 g/mol. The van der Waals surface area contributed by atoms with E-state index < -0.39 is 0 Å². The molecule has 0 bridgehead atoms. The Hall–Kier alpha value is -3.00. The average molecular weight is 413 g/mol. The van der Waals surface area contributed by atoms with E-state index >= 15 is 0 Å². The van der Waals surface area contributed by atoms with Crippen LogP contribution in [0.4, 0.5) is 5.69 Å². The number of anilines is 1. The molecule has 1 aromatic heterocycles. The molecule has 0 N–H and O–H groups in total. The maximum absolute atomic E-state index is 12.5. The van der Waals surface area contributed by atoms with Gasteiger partial charge in [-0.25, -0.2) is 0 Å². The largest absolute Gasteiger partial charge is 0.493 e. The minimum atomic E-state index is 0.0447.